The van der Waals surface area contributed by atoms with E-state index in [2.05, 4.69) is 0 Å². The van der Waals surface area contributed by atoms with Crippen LogP contribution in [0.15, 0.2) is 0 Å². The van der Waals surface area contributed by atoms with E-state index in [0.29, 0.717) is 0 Å². The minimum atomic E-state index is -3.23. The molecule has 0 aliphatic carbocycles. The Balaban J connectivity index is 3.05. The second-order valence-corrected chi connectivity index (χ2v) is 7.61. The van der Waals surface area contributed by atoms with E-state index in [1.807, 2.05) is 0 Å². The van der Waals surface area contributed by atoms with E-state index in [1.165, 1.54) is 6.92 Å². The Morgan fingerprint density at radius 2 is 2.00 bits per heavy atom. The average molecular weight is 238 g/mol. The molecule has 0 radical (unpaired) electrons. The topological polar surface area (TPSA) is 104 Å². The lowest BCUT2D eigenvalue weighted by atomic mass is 9.94. The summed E-state index contributed by atoms with van der Waals surface area (Å²) in [4.78, 5) is 0. The molecule has 7 heteroatoms. The molecule has 14 heavy (non-hydrogen) atoms. The minimum absolute atomic E-state index is 0.142. The van der Waals surface area contributed by atoms with Crippen molar-refractivity contribution in [3.8, 4) is 0 Å². The van der Waals surface area contributed by atoms with Crippen LogP contribution in [0.25, 0.3) is 0 Å². The molecule has 1 rings (SSSR count). The van der Waals surface area contributed by atoms with Crippen LogP contribution in [0.4, 0.5) is 0 Å². The van der Waals surface area contributed by atoms with E-state index in [-0.39, 0.29) is 16.7 Å². The summed E-state index contributed by atoms with van der Waals surface area (Å²) in [7, 11) is -3.23. The second-order valence-electron chi connectivity index (χ2n) is 4.00. The highest BCUT2D eigenvalue weighted by atomic mass is 32.2. The van der Waals surface area contributed by atoms with E-state index in [9.17, 15) is 13.5 Å². The minimum Gasteiger partial charge on any atom is -0.388 e. The maximum absolute atomic E-state index is 11.4. The lowest BCUT2D eigenvalue weighted by Gasteiger charge is -2.33. The lowest BCUT2D eigenvalue weighted by Crippen LogP contribution is -2.47. The molecule has 82 valence electrons. The van der Waals surface area contributed by atoms with Crippen LogP contribution < -0.4 is 5.73 Å². The predicted molar refractivity (Wildman–Crippen MR) is 57.2 cm³/mol. The molecule has 1 saturated heterocycles. The van der Waals surface area contributed by atoms with Gasteiger partial charge in [-0.2, -0.15) is 0 Å². The van der Waals surface area contributed by atoms with Crippen molar-refractivity contribution >= 4 is 26.8 Å². The fourth-order valence-corrected chi connectivity index (χ4v) is 5.66. The predicted octanol–water partition coefficient (Wildman–Crippen LogP) is -0.449. The van der Waals surface area contributed by atoms with Gasteiger partial charge in [-0.05, 0) is 13.8 Å². The van der Waals surface area contributed by atoms with Crippen molar-refractivity contribution in [2.24, 2.45) is 5.73 Å². The third-order valence-electron chi connectivity index (χ3n) is 2.47. The van der Waals surface area contributed by atoms with Gasteiger partial charge >= 0.3 is 0 Å². The Morgan fingerprint density at radius 1 is 1.50 bits per heavy atom. The summed E-state index contributed by atoms with van der Waals surface area (Å²) in [5.41, 5.74) is 3.88. The third kappa shape index (κ3) is 2.04. The lowest BCUT2D eigenvalue weighted by molar-refractivity contribution is 0.0628. The van der Waals surface area contributed by atoms with Crippen molar-refractivity contribution in [2.45, 2.75) is 24.2 Å². The zero-order valence-electron chi connectivity index (χ0n) is 8.07. The van der Waals surface area contributed by atoms with Gasteiger partial charge in [0, 0.05) is 0 Å². The number of hydrogen-bond donors (Lipinski definition) is 3. The Bertz CT molecular complexity index is 363. The molecule has 0 aromatic carbocycles. The van der Waals surface area contributed by atoms with E-state index in [0.717, 1.165) is 11.8 Å². The van der Waals surface area contributed by atoms with Gasteiger partial charge in [0.15, 0.2) is 15.0 Å². The van der Waals surface area contributed by atoms with Crippen LogP contribution in [-0.2, 0) is 9.84 Å². The van der Waals surface area contributed by atoms with Gasteiger partial charge in [0.2, 0.25) is 0 Å². The number of nitrogens with one attached hydrogen (secondary N) is 1. The molecule has 5 nitrogen and oxygen atoms in total. The van der Waals surface area contributed by atoms with Gasteiger partial charge in [0.1, 0.15) is 0 Å². The highest BCUT2D eigenvalue weighted by Crippen LogP contribution is 2.43. The molecule has 2 atom stereocenters. The van der Waals surface area contributed by atoms with Crippen LogP contribution >= 0.6 is 11.8 Å². The van der Waals surface area contributed by atoms with Crippen LogP contribution in [0.3, 0.4) is 0 Å². The monoisotopic (exact) mass is 238 g/mol. The van der Waals surface area contributed by atoms with Crippen molar-refractivity contribution in [1.29, 1.82) is 5.41 Å². The summed E-state index contributed by atoms with van der Waals surface area (Å²) in [6.45, 7) is 3.08. The molecule has 1 aliphatic rings. The number of sulfone groups is 1. The van der Waals surface area contributed by atoms with Gasteiger partial charge in [0.05, 0.1) is 21.9 Å². The third-order valence-corrected chi connectivity index (χ3v) is 5.93. The molecule has 0 bridgehead atoms. The Labute approximate surface area is 87.5 Å². The summed E-state index contributed by atoms with van der Waals surface area (Å²) < 4.78 is 21.8. The van der Waals surface area contributed by atoms with Crippen molar-refractivity contribution in [3.05, 3.63) is 0 Å². The maximum Gasteiger partial charge on any atom is 0.154 e. The van der Waals surface area contributed by atoms with E-state index in [4.69, 9.17) is 11.1 Å². The average Bonchev–Trinajstić information content (AvgIpc) is 1.91. The van der Waals surface area contributed by atoms with Crippen LogP contribution in [0, 0.1) is 5.41 Å². The first-order valence-electron chi connectivity index (χ1n) is 4.04. The van der Waals surface area contributed by atoms with Gasteiger partial charge < -0.3 is 10.8 Å². The molecule has 1 heterocycles. The van der Waals surface area contributed by atoms with Crippen molar-refractivity contribution in [3.63, 3.8) is 0 Å². The van der Waals surface area contributed by atoms with Crippen molar-refractivity contribution in [1.82, 2.24) is 0 Å². The number of rotatable bonds is 1. The molecular weight excluding hydrogens is 224 g/mol. The van der Waals surface area contributed by atoms with Gasteiger partial charge in [0.25, 0.3) is 0 Å². The summed E-state index contributed by atoms with van der Waals surface area (Å²) in [5.74, 6) is -0.409. The smallest absolute Gasteiger partial charge is 0.154 e. The van der Waals surface area contributed by atoms with Gasteiger partial charge in [-0.25, -0.2) is 8.42 Å². The van der Waals surface area contributed by atoms with Crippen LogP contribution in [-0.4, -0.2) is 40.5 Å². The molecule has 0 amide bonds. The number of thioether (sulfide) groups is 1. The van der Waals surface area contributed by atoms with Crippen LogP contribution in [0.2, 0.25) is 0 Å². The van der Waals surface area contributed by atoms with Gasteiger partial charge in [-0.3, -0.25) is 5.41 Å². The summed E-state index contributed by atoms with van der Waals surface area (Å²) >= 11 is 0.906. The Kier molecular flexibility index (Phi) is 2.62. The van der Waals surface area contributed by atoms with Crippen LogP contribution in [0.1, 0.15) is 13.8 Å². The first kappa shape index (κ1) is 11.8. The first-order chi connectivity index (χ1) is 6.08. The largest absolute Gasteiger partial charge is 0.388 e. The van der Waals surface area contributed by atoms with E-state index >= 15 is 0 Å². The number of amidine groups is 1. The second kappa shape index (κ2) is 3.11. The van der Waals surface area contributed by atoms with Crippen LogP contribution in [0.5, 0.6) is 0 Å². The molecule has 4 N–H and O–H groups in total. The fraction of sp³-hybridized carbons (Fsp3) is 0.857. The maximum atomic E-state index is 11.4. The number of aliphatic hydroxyl groups is 1. The standard InChI is InChI=1S/C7H14N2O3S2/c1-6(10)3-14(11,12)4-7(6,2)13-5(8)9/h10H,3-4H2,1-2H3,(H3,8,9)/t6-,7+/m0/s1. The SMILES string of the molecule is C[C@]1(O)CS(=O)(=O)C[C@@]1(C)SC(=N)N. The zero-order chi connectivity index (χ0) is 11.2. The molecule has 0 saturated carbocycles. The zero-order valence-corrected chi connectivity index (χ0v) is 9.70. The highest BCUT2D eigenvalue weighted by molar-refractivity contribution is 8.15. The summed E-state index contributed by atoms with van der Waals surface area (Å²) in [6.07, 6.45) is 0. The van der Waals surface area contributed by atoms with Crippen molar-refractivity contribution < 1.29 is 13.5 Å². The fourth-order valence-electron chi connectivity index (χ4n) is 1.59. The molecule has 0 aromatic heterocycles. The molecule has 1 fully saturated rings. The van der Waals surface area contributed by atoms with Gasteiger partial charge in [-0.1, -0.05) is 11.8 Å². The molecule has 0 unspecified atom stereocenters. The van der Waals surface area contributed by atoms with Crippen molar-refractivity contribution in [2.75, 3.05) is 11.5 Å². The van der Waals surface area contributed by atoms with Gasteiger partial charge in [-0.15, -0.1) is 0 Å². The summed E-state index contributed by atoms with van der Waals surface area (Å²) in [6, 6.07) is 0. The molecule has 0 aromatic rings. The number of hydrogen-bond acceptors (Lipinski definition) is 5. The summed E-state index contributed by atoms with van der Waals surface area (Å²) in [5, 5.41) is 16.9. The highest BCUT2D eigenvalue weighted by Gasteiger charge is 2.55. The Morgan fingerprint density at radius 3 is 2.29 bits per heavy atom. The normalized spacial score (nSPS) is 41.1. The Hall–Kier alpha value is -0.270. The number of nitrogens with two attached hydrogens (primary N) is 1. The van der Waals surface area contributed by atoms with E-state index in [1.54, 1.807) is 6.92 Å². The molecular formula is C7H14N2O3S2. The molecule has 1 aliphatic heterocycles. The first-order valence-corrected chi connectivity index (χ1v) is 6.68. The quantitative estimate of drug-likeness (QED) is 0.424. The van der Waals surface area contributed by atoms with E-state index < -0.39 is 20.2 Å². The molecule has 0 spiro atoms.